The first kappa shape index (κ1) is 23.1. The second kappa shape index (κ2) is 9.86. The van der Waals surface area contributed by atoms with Crippen LogP contribution in [-0.4, -0.2) is 60.3 Å². The molecule has 0 unspecified atom stereocenters. The van der Waals surface area contributed by atoms with Crippen molar-refractivity contribution in [2.75, 3.05) is 44.7 Å². The molecule has 33 heavy (non-hydrogen) atoms. The molecule has 4 rings (SSSR count). The standard InChI is InChI=1S/C21H21ClF3N5O3/c22-15-11-13(29-20(31)27-5-6-30-7-9-32-10-8-30)1-2-16(15)33-17-3-4-26-19-18(17)14(12-28-19)21(23,24)25/h1-4,11-12H,5-10H2,(H,26,28)(H2,27,29,31). The Kier molecular flexibility index (Phi) is 6.91. The summed E-state index contributed by atoms with van der Waals surface area (Å²) in [6, 6.07) is 5.40. The summed E-state index contributed by atoms with van der Waals surface area (Å²) >= 11 is 6.26. The Labute approximate surface area is 192 Å². The SMILES string of the molecule is O=C(NCCN1CCOCC1)Nc1ccc(Oc2ccnc3[nH]cc(C(F)(F)F)c23)c(Cl)c1. The number of fused-ring (bicyclic) bond motifs is 1. The average Bonchev–Trinajstić information content (AvgIpc) is 3.22. The van der Waals surface area contributed by atoms with E-state index in [1.807, 2.05) is 0 Å². The Morgan fingerprint density at radius 1 is 1.24 bits per heavy atom. The maximum Gasteiger partial charge on any atom is 0.418 e. The van der Waals surface area contributed by atoms with Crippen molar-refractivity contribution in [2.24, 2.45) is 0 Å². The number of carbonyl (C=O) groups is 1. The number of nitrogens with zero attached hydrogens (tertiary/aromatic N) is 2. The molecule has 1 fully saturated rings. The molecular formula is C21H21ClF3N5O3. The Morgan fingerprint density at radius 2 is 2.03 bits per heavy atom. The van der Waals surface area contributed by atoms with Gasteiger partial charge >= 0.3 is 12.2 Å². The summed E-state index contributed by atoms with van der Waals surface area (Å²) in [5.74, 6) is 0.0915. The molecule has 1 saturated heterocycles. The number of nitrogens with one attached hydrogen (secondary N) is 3. The molecule has 3 aromatic rings. The van der Waals surface area contributed by atoms with E-state index in [1.165, 1.54) is 24.4 Å². The van der Waals surface area contributed by atoms with Crippen molar-refractivity contribution in [3.63, 3.8) is 0 Å². The van der Waals surface area contributed by atoms with E-state index in [0.717, 1.165) is 19.3 Å². The Hall–Kier alpha value is -3.02. The fourth-order valence-corrected chi connectivity index (χ4v) is 3.66. The summed E-state index contributed by atoms with van der Waals surface area (Å²) in [6.07, 6.45) is -2.40. The lowest BCUT2D eigenvalue weighted by atomic mass is 10.2. The third kappa shape index (κ3) is 5.67. The summed E-state index contributed by atoms with van der Waals surface area (Å²) in [5.41, 5.74) is -0.430. The van der Waals surface area contributed by atoms with E-state index in [-0.39, 0.29) is 27.6 Å². The zero-order valence-electron chi connectivity index (χ0n) is 17.3. The molecule has 0 bridgehead atoms. The summed E-state index contributed by atoms with van der Waals surface area (Å²) in [7, 11) is 0. The molecule has 1 aliphatic heterocycles. The van der Waals surface area contributed by atoms with Crippen LogP contribution in [0.1, 0.15) is 5.56 Å². The number of ether oxygens (including phenoxy) is 2. The lowest BCUT2D eigenvalue weighted by Gasteiger charge is -2.26. The number of carbonyl (C=O) groups excluding carboxylic acids is 1. The van der Waals surface area contributed by atoms with Crippen LogP contribution in [0.2, 0.25) is 5.02 Å². The van der Waals surface area contributed by atoms with Crippen molar-refractivity contribution >= 4 is 34.4 Å². The molecule has 2 aromatic heterocycles. The van der Waals surface area contributed by atoms with Crippen LogP contribution in [0, 0.1) is 0 Å². The molecule has 1 aromatic carbocycles. The zero-order valence-corrected chi connectivity index (χ0v) is 18.1. The normalized spacial score (nSPS) is 14.9. The first-order chi connectivity index (χ1) is 15.8. The number of rotatable bonds is 6. The quantitative estimate of drug-likeness (QED) is 0.481. The number of amides is 2. The van der Waals surface area contributed by atoms with Gasteiger partial charge in [0.05, 0.1) is 29.2 Å². The number of aromatic nitrogens is 2. The van der Waals surface area contributed by atoms with E-state index < -0.39 is 17.8 Å². The molecular weight excluding hydrogens is 463 g/mol. The van der Waals surface area contributed by atoms with Crippen LogP contribution in [0.25, 0.3) is 11.0 Å². The topological polar surface area (TPSA) is 91.5 Å². The van der Waals surface area contributed by atoms with Crippen molar-refractivity contribution in [2.45, 2.75) is 6.18 Å². The second-order valence-corrected chi connectivity index (χ2v) is 7.72. The van der Waals surface area contributed by atoms with E-state index in [9.17, 15) is 18.0 Å². The van der Waals surface area contributed by atoms with Crippen LogP contribution in [0.4, 0.5) is 23.7 Å². The van der Waals surface area contributed by atoms with Crippen LogP contribution >= 0.6 is 11.6 Å². The van der Waals surface area contributed by atoms with Gasteiger partial charge in [-0.25, -0.2) is 9.78 Å². The number of H-pyrrole nitrogens is 1. The van der Waals surface area contributed by atoms with Crippen LogP contribution in [-0.2, 0) is 10.9 Å². The van der Waals surface area contributed by atoms with Gasteiger partial charge in [0.2, 0.25) is 0 Å². The fraction of sp³-hybridized carbons (Fsp3) is 0.333. The number of morpholine rings is 1. The minimum Gasteiger partial charge on any atom is -0.455 e. The number of halogens is 4. The average molecular weight is 484 g/mol. The zero-order chi connectivity index (χ0) is 23.4. The lowest BCUT2D eigenvalue weighted by Crippen LogP contribution is -2.42. The minimum absolute atomic E-state index is 0.0444. The van der Waals surface area contributed by atoms with Crippen LogP contribution in [0.15, 0.2) is 36.7 Å². The number of hydrogen-bond acceptors (Lipinski definition) is 5. The van der Waals surface area contributed by atoms with Gasteiger partial charge in [0.15, 0.2) is 0 Å². The number of urea groups is 1. The Balaban J connectivity index is 1.40. The molecule has 12 heteroatoms. The number of aromatic amines is 1. The van der Waals surface area contributed by atoms with Gasteiger partial charge in [-0.3, -0.25) is 4.90 Å². The van der Waals surface area contributed by atoms with Crippen molar-refractivity contribution in [3.05, 3.63) is 47.2 Å². The van der Waals surface area contributed by atoms with Crippen molar-refractivity contribution < 1.29 is 27.4 Å². The van der Waals surface area contributed by atoms with Gasteiger partial charge in [0.1, 0.15) is 17.1 Å². The number of alkyl halides is 3. The largest absolute Gasteiger partial charge is 0.455 e. The highest BCUT2D eigenvalue weighted by molar-refractivity contribution is 6.32. The maximum absolute atomic E-state index is 13.3. The molecule has 1 aliphatic rings. The number of hydrogen-bond donors (Lipinski definition) is 3. The van der Waals surface area contributed by atoms with E-state index in [1.54, 1.807) is 6.07 Å². The molecule has 0 radical (unpaired) electrons. The first-order valence-corrected chi connectivity index (χ1v) is 10.5. The van der Waals surface area contributed by atoms with Gasteiger partial charge in [-0.2, -0.15) is 13.2 Å². The summed E-state index contributed by atoms with van der Waals surface area (Å²) < 4.78 is 51.0. The van der Waals surface area contributed by atoms with E-state index in [0.29, 0.717) is 32.0 Å². The Bertz CT molecular complexity index is 1130. The van der Waals surface area contributed by atoms with Gasteiger partial charge in [0, 0.05) is 44.3 Å². The van der Waals surface area contributed by atoms with Crippen LogP contribution in [0.3, 0.4) is 0 Å². The summed E-state index contributed by atoms with van der Waals surface area (Å²) in [5, 5.41) is 5.36. The molecule has 0 spiro atoms. The third-order valence-electron chi connectivity index (χ3n) is 5.07. The van der Waals surface area contributed by atoms with Gasteiger partial charge < -0.3 is 25.1 Å². The van der Waals surface area contributed by atoms with Crippen molar-refractivity contribution in [3.8, 4) is 11.5 Å². The molecule has 0 aliphatic carbocycles. The van der Waals surface area contributed by atoms with Crippen LogP contribution in [0.5, 0.6) is 11.5 Å². The molecule has 3 heterocycles. The van der Waals surface area contributed by atoms with E-state index in [4.69, 9.17) is 21.1 Å². The predicted molar refractivity (Wildman–Crippen MR) is 117 cm³/mol. The predicted octanol–water partition coefficient (Wildman–Crippen LogP) is 4.48. The highest BCUT2D eigenvalue weighted by atomic mass is 35.5. The summed E-state index contributed by atoms with van der Waals surface area (Å²) in [6.45, 7) is 4.22. The van der Waals surface area contributed by atoms with E-state index in [2.05, 4.69) is 25.5 Å². The van der Waals surface area contributed by atoms with E-state index >= 15 is 0 Å². The van der Waals surface area contributed by atoms with Gasteiger partial charge in [-0.15, -0.1) is 0 Å². The lowest BCUT2D eigenvalue weighted by molar-refractivity contribution is -0.136. The smallest absolute Gasteiger partial charge is 0.418 e. The molecule has 8 nitrogen and oxygen atoms in total. The number of pyridine rings is 1. The monoisotopic (exact) mass is 483 g/mol. The van der Waals surface area contributed by atoms with Gasteiger partial charge in [-0.05, 0) is 24.3 Å². The molecule has 0 atom stereocenters. The Morgan fingerprint density at radius 3 is 2.76 bits per heavy atom. The van der Waals surface area contributed by atoms with Gasteiger partial charge in [0.25, 0.3) is 0 Å². The number of anilines is 1. The van der Waals surface area contributed by atoms with Crippen molar-refractivity contribution in [1.29, 1.82) is 0 Å². The molecule has 0 saturated carbocycles. The van der Waals surface area contributed by atoms with Crippen molar-refractivity contribution in [1.82, 2.24) is 20.2 Å². The third-order valence-corrected chi connectivity index (χ3v) is 5.36. The molecule has 2 amide bonds. The maximum atomic E-state index is 13.3. The van der Waals surface area contributed by atoms with Crippen LogP contribution < -0.4 is 15.4 Å². The summed E-state index contributed by atoms with van der Waals surface area (Å²) in [4.78, 5) is 20.7. The highest BCUT2D eigenvalue weighted by Gasteiger charge is 2.35. The molecule has 176 valence electrons. The minimum atomic E-state index is -4.58. The highest BCUT2D eigenvalue weighted by Crippen LogP contribution is 2.41. The second-order valence-electron chi connectivity index (χ2n) is 7.31. The molecule has 3 N–H and O–H groups in total. The number of benzene rings is 1. The first-order valence-electron chi connectivity index (χ1n) is 10.2. The fourth-order valence-electron chi connectivity index (χ4n) is 3.44. The van der Waals surface area contributed by atoms with Gasteiger partial charge in [-0.1, -0.05) is 11.6 Å².